The number of nitrogens with one attached hydrogen (secondary N) is 1. The van der Waals surface area contributed by atoms with Gasteiger partial charge in [0, 0.05) is 12.6 Å². The molecule has 0 fully saturated rings. The van der Waals surface area contributed by atoms with Crippen molar-refractivity contribution in [3.05, 3.63) is 46.1 Å². The summed E-state index contributed by atoms with van der Waals surface area (Å²) in [5.41, 5.74) is 1.20. The molecule has 0 atom stereocenters. The van der Waals surface area contributed by atoms with Crippen molar-refractivity contribution in [1.29, 1.82) is 0 Å². The third-order valence-electron chi connectivity index (χ3n) is 4.03. The van der Waals surface area contributed by atoms with Crippen LogP contribution in [-0.2, 0) is 16.6 Å². The van der Waals surface area contributed by atoms with E-state index in [9.17, 15) is 13.2 Å². The molecule has 1 N–H and O–H groups in total. The number of benzene rings is 2. The zero-order chi connectivity index (χ0) is 19.6. The molecular formula is C18H20N2O5S2. The maximum Gasteiger partial charge on any atom is 0.308 e. The minimum absolute atomic E-state index is 0.0493. The van der Waals surface area contributed by atoms with E-state index in [-0.39, 0.29) is 9.77 Å². The predicted molar refractivity (Wildman–Crippen MR) is 107 cm³/mol. The molecule has 0 unspecified atom stereocenters. The molecule has 9 heteroatoms. The number of anilines is 1. The third kappa shape index (κ3) is 3.79. The Hall–Kier alpha value is -2.52. The first-order chi connectivity index (χ1) is 12.9. The average molecular weight is 409 g/mol. The highest BCUT2D eigenvalue weighted by Crippen LogP contribution is 2.30. The number of aryl methyl sites for hydroxylation is 1. The highest BCUT2D eigenvalue weighted by molar-refractivity contribution is 7.92. The normalized spacial score (nSPS) is 11.5. The van der Waals surface area contributed by atoms with Crippen molar-refractivity contribution in [2.45, 2.75) is 24.8 Å². The second-order valence-corrected chi connectivity index (χ2v) is 8.50. The van der Waals surface area contributed by atoms with Gasteiger partial charge in [-0.1, -0.05) is 18.3 Å². The second-order valence-electron chi connectivity index (χ2n) is 5.82. The van der Waals surface area contributed by atoms with Crippen molar-refractivity contribution in [2.75, 3.05) is 18.9 Å². The van der Waals surface area contributed by atoms with Gasteiger partial charge in [-0.3, -0.25) is 14.1 Å². The van der Waals surface area contributed by atoms with E-state index in [4.69, 9.17) is 9.47 Å². The fourth-order valence-electron chi connectivity index (χ4n) is 2.76. The van der Waals surface area contributed by atoms with Gasteiger partial charge < -0.3 is 9.47 Å². The van der Waals surface area contributed by atoms with Crippen LogP contribution in [0.2, 0.25) is 0 Å². The lowest BCUT2D eigenvalue weighted by molar-refractivity contribution is 0.354. The number of fused-ring (bicyclic) bond motifs is 1. The number of nitrogens with zero attached hydrogens (tertiary/aromatic N) is 1. The Bertz CT molecular complexity index is 1130. The van der Waals surface area contributed by atoms with Gasteiger partial charge in [-0.2, -0.15) is 0 Å². The lowest BCUT2D eigenvalue weighted by Gasteiger charge is -2.12. The highest BCUT2D eigenvalue weighted by atomic mass is 32.2. The van der Waals surface area contributed by atoms with Crippen LogP contribution in [0.1, 0.15) is 13.3 Å². The van der Waals surface area contributed by atoms with Crippen molar-refractivity contribution < 1.29 is 17.9 Å². The van der Waals surface area contributed by atoms with Crippen molar-refractivity contribution in [3.63, 3.8) is 0 Å². The SMILES string of the molecule is CCCn1c(=O)sc2cc(NS(=O)(=O)c3ccc(OC)c(OC)c3)ccc21. The van der Waals surface area contributed by atoms with Crippen LogP contribution in [0.3, 0.4) is 0 Å². The van der Waals surface area contributed by atoms with Crippen LogP contribution < -0.4 is 19.1 Å². The van der Waals surface area contributed by atoms with E-state index < -0.39 is 10.0 Å². The first-order valence-corrected chi connectivity index (χ1v) is 10.6. The molecule has 0 saturated carbocycles. The lowest BCUT2D eigenvalue weighted by atomic mass is 10.3. The lowest BCUT2D eigenvalue weighted by Crippen LogP contribution is -2.13. The molecule has 0 spiro atoms. The maximum absolute atomic E-state index is 12.7. The topological polar surface area (TPSA) is 86.6 Å². The second kappa shape index (κ2) is 7.61. The van der Waals surface area contributed by atoms with E-state index in [2.05, 4.69) is 4.72 Å². The number of hydrogen-bond donors (Lipinski definition) is 1. The van der Waals surface area contributed by atoms with E-state index in [1.807, 2.05) is 6.92 Å². The number of rotatable bonds is 7. The molecule has 2 aromatic carbocycles. The molecule has 0 saturated heterocycles. The Kier molecular flexibility index (Phi) is 5.43. The number of methoxy groups -OCH3 is 2. The summed E-state index contributed by atoms with van der Waals surface area (Å²) >= 11 is 1.10. The summed E-state index contributed by atoms with van der Waals surface area (Å²) in [7, 11) is -0.894. The minimum Gasteiger partial charge on any atom is -0.493 e. The minimum atomic E-state index is -3.82. The zero-order valence-corrected chi connectivity index (χ0v) is 16.8. The standard InChI is InChI=1S/C18H20N2O5S2/c1-4-9-20-14-7-5-12(10-17(14)26-18(20)21)19-27(22,23)13-6-8-15(24-2)16(11-13)25-3/h5-8,10-11,19H,4,9H2,1-3H3. The number of hydrogen-bond acceptors (Lipinski definition) is 6. The average Bonchev–Trinajstić information content (AvgIpc) is 2.95. The molecule has 1 heterocycles. The van der Waals surface area contributed by atoms with Gasteiger partial charge in [0.25, 0.3) is 10.0 Å². The molecule has 0 aliphatic carbocycles. The molecule has 27 heavy (non-hydrogen) atoms. The Morgan fingerprint density at radius 3 is 2.48 bits per heavy atom. The number of ether oxygens (including phenoxy) is 2. The van der Waals surface area contributed by atoms with Gasteiger partial charge in [0.15, 0.2) is 11.5 Å². The fraction of sp³-hybridized carbons (Fsp3) is 0.278. The Labute approximate surface area is 161 Å². The van der Waals surface area contributed by atoms with Crippen LogP contribution in [0.25, 0.3) is 10.2 Å². The van der Waals surface area contributed by atoms with E-state index in [1.165, 1.54) is 32.4 Å². The predicted octanol–water partition coefficient (Wildman–Crippen LogP) is 3.29. The van der Waals surface area contributed by atoms with Crippen LogP contribution in [0, 0.1) is 0 Å². The number of sulfonamides is 1. The van der Waals surface area contributed by atoms with Crippen LogP contribution in [-0.4, -0.2) is 27.2 Å². The molecule has 0 aliphatic heterocycles. The highest BCUT2D eigenvalue weighted by Gasteiger charge is 2.18. The summed E-state index contributed by atoms with van der Waals surface area (Å²) in [6.07, 6.45) is 0.847. The Morgan fingerprint density at radius 1 is 1.07 bits per heavy atom. The van der Waals surface area contributed by atoms with E-state index >= 15 is 0 Å². The van der Waals surface area contributed by atoms with Gasteiger partial charge in [-0.25, -0.2) is 8.42 Å². The van der Waals surface area contributed by atoms with Gasteiger partial charge >= 0.3 is 4.87 Å². The van der Waals surface area contributed by atoms with E-state index in [1.54, 1.807) is 22.8 Å². The summed E-state index contributed by atoms with van der Waals surface area (Å²) in [6.45, 7) is 2.64. The summed E-state index contributed by atoms with van der Waals surface area (Å²) in [5.74, 6) is 0.769. The Balaban J connectivity index is 1.95. The van der Waals surface area contributed by atoms with E-state index in [0.717, 1.165) is 28.0 Å². The smallest absolute Gasteiger partial charge is 0.308 e. The molecule has 0 aliphatic rings. The van der Waals surface area contributed by atoms with Crippen LogP contribution >= 0.6 is 11.3 Å². The van der Waals surface area contributed by atoms with Crippen LogP contribution in [0.4, 0.5) is 5.69 Å². The van der Waals surface area contributed by atoms with Gasteiger partial charge in [0.2, 0.25) is 0 Å². The maximum atomic E-state index is 12.7. The Morgan fingerprint density at radius 2 is 1.81 bits per heavy atom. The number of thiazole rings is 1. The van der Waals surface area contributed by atoms with Crippen molar-refractivity contribution >= 4 is 37.3 Å². The molecular weight excluding hydrogens is 388 g/mol. The van der Waals surface area contributed by atoms with Crippen LogP contribution in [0.5, 0.6) is 11.5 Å². The third-order valence-corrected chi connectivity index (χ3v) is 6.35. The molecule has 0 radical (unpaired) electrons. The van der Waals surface area contributed by atoms with Crippen molar-refractivity contribution in [1.82, 2.24) is 4.57 Å². The van der Waals surface area contributed by atoms with Crippen LogP contribution in [0.15, 0.2) is 46.1 Å². The summed E-state index contributed by atoms with van der Waals surface area (Å²) in [4.78, 5) is 12.1. The molecule has 0 amide bonds. The summed E-state index contributed by atoms with van der Waals surface area (Å²) in [5, 5.41) is 0. The quantitative estimate of drug-likeness (QED) is 0.648. The monoisotopic (exact) mass is 408 g/mol. The summed E-state index contributed by atoms with van der Waals surface area (Å²) < 4.78 is 40.7. The fourth-order valence-corrected chi connectivity index (χ4v) is 4.78. The first-order valence-electron chi connectivity index (χ1n) is 8.28. The zero-order valence-electron chi connectivity index (χ0n) is 15.2. The molecule has 3 aromatic rings. The van der Waals surface area contributed by atoms with Gasteiger partial charge in [-0.15, -0.1) is 0 Å². The van der Waals surface area contributed by atoms with E-state index in [0.29, 0.717) is 23.7 Å². The number of aromatic nitrogens is 1. The summed E-state index contributed by atoms with van der Waals surface area (Å²) in [6, 6.07) is 9.46. The van der Waals surface area contributed by atoms with Crippen molar-refractivity contribution in [3.8, 4) is 11.5 Å². The van der Waals surface area contributed by atoms with Gasteiger partial charge in [0.05, 0.1) is 35.0 Å². The molecule has 7 nitrogen and oxygen atoms in total. The van der Waals surface area contributed by atoms with Gasteiger partial charge in [0.1, 0.15) is 0 Å². The van der Waals surface area contributed by atoms with Gasteiger partial charge in [-0.05, 0) is 36.8 Å². The molecule has 0 bridgehead atoms. The molecule has 1 aromatic heterocycles. The van der Waals surface area contributed by atoms with Crippen molar-refractivity contribution in [2.24, 2.45) is 0 Å². The first kappa shape index (κ1) is 19.2. The largest absolute Gasteiger partial charge is 0.493 e. The molecule has 3 rings (SSSR count). The molecule has 144 valence electrons.